The molecular formula is C9H16O2. The highest BCUT2D eigenvalue weighted by atomic mass is 16.6. The molecule has 2 saturated heterocycles. The third kappa shape index (κ3) is 3.21. The molecule has 2 heterocycles. The molecule has 2 aliphatic heterocycles. The zero-order valence-corrected chi connectivity index (χ0v) is 6.92. The molecule has 2 rings (SSSR count). The molecule has 2 unspecified atom stereocenters. The van der Waals surface area contributed by atoms with Crippen LogP contribution in [0.15, 0.2) is 0 Å². The number of ether oxygens (including phenoxy) is 2. The summed E-state index contributed by atoms with van der Waals surface area (Å²) in [5.74, 6) is 0. The van der Waals surface area contributed by atoms with Gasteiger partial charge in [0.15, 0.2) is 0 Å². The van der Waals surface area contributed by atoms with Crippen molar-refractivity contribution in [1.29, 1.82) is 0 Å². The summed E-state index contributed by atoms with van der Waals surface area (Å²) in [6.45, 7) is 2.04. The van der Waals surface area contributed by atoms with E-state index in [9.17, 15) is 0 Å². The normalized spacial score (nSPS) is 33.8. The Balaban J connectivity index is 1.35. The van der Waals surface area contributed by atoms with Crippen LogP contribution in [-0.4, -0.2) is 25.4 Å². The van der Waals surface area contributed by atoms with Crippen LogP contribution in [0.1, 0.15) is 32.1 Å². The molecular weight excluding hydrogens is 140 g/mol. The van der Waals surface area contributed by atoms with Gasteiger partial charge in [0, 0.05) is 0 Å². The summed E-state index contributed by atoms with van der Waals surface area (Å²) in [5.41, 5.74) is 0. The highest BCUT2D eigenvalue weighted by Gasteiger charge is 2.22. The van der Waals surface area contributed by atoms with Crippen molar-refractivity contribution in [2.75, 3.05) is 13.2 Å². The van der Waals surface area contributed by atoms with Crippen LogP contribution >= 0.6 is 0 Å². The zero-order chi connectivity index (χ0) is 7.52. The third-order valence-electron chi connectivity index (χ3n) is 2.36. The topological polar surface area (TPSA) is 25.1 Å². The Hall–Kier alpha value is -0.0800. The molecule has 2 aliphatic rings. The van der Waals surface area contributed by atoms with Crippen LogP contribution in [0.2, 0.25) is 0 Å². The molecule has 0 amide bonds. The van der Waals surface area contributed by atoms with Gasteiger partial charge in [-0.1, -0.05) is 19.3 Å². The number of hydrogen-bond donors (Lipinski definition) is 0. The Labute approximate surface area is 67.9 Å². The Morgan fingerprint density at radius 1 is 0.818 bits per heavy atom. The molecule has 2 heteroatoms. The average molecular weight is 156 g/mol. The van der Waals surface area contributed by atoms with Crippen molar-refractivity contribution in [3.05, 3.63) is 0 Å². The Morgan fingerprint density at radius 3 is 1.64 bits per heavy atom. The summed E-state index contributed by atoms with van der Waals surface area (Å²) in [4.78, 5) is 0. The monoisotopic (exact) mass is 156 g/mol. The lowest BCUT2D eigenvalue weighted by Gasteiger charge is -1.96. The van der Waals surface area contributed by atoms with E-state index in [-0.39, 0.29) is 0 Å². The predicted molar refractivity (Wildman–Crippen MR) is 42.6 cm³/mol. The first-order chi connectivity index (χ1) is 5.45. The first kappa shape index (κ1) is 7.56. The van der Waals surface area contributed by atoms with Crippen molar-refractivity contribution < 1.29 is 9.47 Å². The second-order valence-corrected chi connectivity index (χ2v) is 3.55. The third-order valence-corrected chi connectivity index (χ3v) is 2.36. The maximum absolute atomic E-state index is 5.12. The van der Waals surface area contributed by atoms with Crippen molar-refractivity contribution in [3.8, 4) is 0 Å². The molecule has 0 bridgehead atoms. The van der Waals surface area contributed by atoms with Gasteiger partial charge in [0.1, 0.15) is 0 Å². The van der Waals surface area contributed by atoms with E-state index in [1.54, 1.807) is 0 Å². The van der Waals surface area contributed by atoms with Gasteiger partial charge < -0.3 is 9.47 Å². The molecule has 0 saturated carbocycles. The number of rotatable bonds is 6. The second kappa shape index (κ2) is 3.55. The fraction of sp³-hybridized carbons (Fsp3) is 1.00. The second-order valence-electron chi connectivity index (χ2n) is 3.55. The van der Waals surface area contributed by atoms with Gasteiger partial charge in [-0.2, -0.15) is 0 Å². The largest absolute Gasteiger partial charge is 0.373 e. The molecule has 0 aliphatic carbocycles. The molecule has 2 atom stereocenters. The molecule has 64 valence electrons. The van der Waals surface area contributed by atoms with Crippen molar-refractivity contribution in [2.45, 2.75) is 44.3 Å². The van der Waals surface area contributed by atoms with Crippen LogP contribution in [0.25, 0.3) is 0 Å². The summed E-state index contributed by atoms with van der Waals surface area (Å²) in [7, 11) is 0. The smallest absolute Gasteiger partial charge is 0.0810 e. The van der Waals surface area contributed by atoms with Gasteiger partial charge in [-0.25, -0.2) is 0 Å². The van der Waals surface area contributed by atoms with Gasteiger partial charge in [0.05, 0.1) is 25.4 Å². The highest BCUT2D eigenvalue weighted by Crippen LogP contribution is 2.20. The number of hydrogen-bond acceptors (Lipinski definition) is 2. The quantitative estimate of drug-likeness (QED) is 0.432. The molecule has 0 aromatic heterocycles. The van der Waals surface area contributed by atoms with Gasteiger partial charge in [0.25, 0.3) is 0 Å². The molecule has 0 radical (unpaired) electrons. The molecule has 2 nitrogen and oxygen atoms in total. The van der Waals surface area contributed by atoms with Gasteiger partial charge >= 0.3 is 0 Å². The van der Waals surface area contributed by atoms with E-state index in [1.165, 1.54) is 32.1 Å². The highest BCUT2D eigenvalue weighted by molar-refractivity contribution is 4.70. The minimum atomic E-state index is 0.632. The lowest BCUT2D eigenvalue weighted by atomic mass is 10.1. The average Bonchev–Trinajstić information content (AvgIpc) is 2.83. The zero-order valence-electron chi connectivity index (χ0n) is 6.92. The molecule has 0 aromatic rings. The Morgan fingerprint density at radius 2 is 1.27 bits per heavy atom. The van der Waals surface area contributed by atoms with Gasteiger partial charge in [-0.05, 0) is 12.8 Å². The predicted octanol–water partition coefficient (Wildman–Crippen LogP) is 1.73. The van der Waals surface area contributed by atoms with Crippen LogP contribution in [0.4, 0.5) is 0 Å². The van der Waals surface area contributed by atoms with Crippen molar-refractivity contribution in [1.82, 2.24) is 0 Å². The molecule has 0 N–H and O–H groups in total. The van der Waals surface area contributed by atoms with Gasteiger partial charge in [0.2, 0.25) is 0 Å². The van der Waals surface area contributed by atoms with E-state index < -0.39 is 0 Å². The Kier molecular flexibility index (Phi) is 2.44. The van der Waals surface area contributed by atoms with Crippen LogP contribution in [0.3, 0.4) is 0 Å². The van der Waals surface area contributed by atoms with Gasteiger partial charge in [-0.3, -0.25) is 0 Å². The minimum Gasteiger partial charge on any atom is -0.373 e. The van der Waals surface area contributed by atoms with Crippen LogP contribution in [0, 0.1) is 0 Å². The summed E-state index contributed by atoms with van der Waals surface area (Å²) in [5, 5.41) is 0. The van der Waals surface area contributed by atoms with Gasteiger partial charge in [-0.15, -0.1) is 0 Å². The van der Waals surface area contributed by atoms with Crippen LogP contribution in [-0.2, 0) is 9.47 Å². The molecule has 0 aromatic carbocycles. The lowest BCUT2D eigenvalue weighted by Crippen LogP contribution is -1.88. The lowest BCUT2D eigenvalue weighted by molar-refractivity contribution is 0.375. The maximum Gasteiger partial charge on any atom is 0.0810 e. The Bertz CT molecular complexity index is 103. The summed E-state index contributed by atoms with van der Waals surface area (Å²) >= 11 is 0. The SMILES string of the molecule is C(CCC1CO1)CCC1CO1. The van der Waals surface area contributed by atoms with E-state index in [0.29, 0.717) is 12.2 Å². The molecule has 11 heavy (non-hydrogen) atoms. The number of epoxide rings is 2. The van der Waals surface area contributed by atoms with Crippen LogP contribution < -0.4 is 0 Å². The van der Waals surface area contributed by atoms with E-state index in [4.69, 9.17) is 9.47 Å². The summed E-state index contributed by atoms with van der Waals surface area (Å²) in [6.07, 6.45) is 7.88. The fourth-order valence-corrected chi connectivity index (χ4v) is 1.39. The van der Waals surface area contributed by atoms with E-state index in [0.717, 1.165) is 13.2 Å². The molecule has 0 spiro atoms. The van der Waals surface area contributed by atoms with Crippen molar-refractivity contribution in [2.24, 2.45) is 0 Å². The standard InChI is InChI=1S/C9H16O2/c1(2-4-8-6-10-8)3-5-9-7-11-9/h8-9H,1-7H2. The van der Waals surface area contributed by atoms with E-state index in [2.05, 4.69) is 0 Å². The van der Waals surface area contributed by atoms with Crippen LogP contribution in [0.5, 0.6) is 0 Å². The first-order valence-corrected chi connectivity index (χ1v) is 4.68. The van der Waals surface area contributed by atoms with E-state index in [1.807, 2.05) is 0 Å². The minimum absolute atomic E-state index is 0.632. The number of unbranched alkanes of at least 4 members (excludes halogenated alkanes) is 2. The maximum atomic E-state index is 5.12. The summed E-state index contributed by atoms with van der Waals surface area (Å²) < 4.78 is 10.2. The fourth-order valence-electron chi connectivity index (χ4n) is 1.39. The summed E-state index contributed by atoms with van der Waals surface area (Å²) in [6, 6.07) is 0. The van der Waals surface area contributed by atoms with Crippen molar-refractivity contribution in [3.63, 3.8) is 0 Å². The van der Waals surface area contributed by atoms with Crippen molar-refractivity contribution >= 4 is 0 Å². The first-order valence-electron chi connectivity index (χ1n) is 4.68. The van der Waals surface area contributed by atoms with E-state index >= 15 is 0 Å². The molecule has 2 fully saturated rings.